The van der Waals surface area contributed by atoms with Crippen LogP contribution in [0.4, 0.5) is 4.79 Å². The normalized spacial score (nSPS) is 12.8. The Bertz CT molecular complexity index is 1190. The number of aromatic nitrogens is 2. The minimum Gasteiger partial charge on any atom is -0.444 e. The molecular weight excluding hydrogens is 374 g/mol. The zero-order valence-corrected chi connectivity index (χ0v) is 17.9. The molecule has 4 aromatic rings. The second-order valence-corrected chi connectivity index (χ2v) is 8.66. The molecule has 154 valence electrons. The van der Waals surface area contributed by atoms with E-state index >= 15 is 0 Å². The van der Waals surface area contributed by atoms with Crippen LogP contribution in [-0.4, -0.2) is 16.7 Å². The predicted octanol–water partition coefficient (Wildman–Crippen LogP) is 4.95. The van der Waals surface area contributed by atoms with Crippen LogP contribution in [0.25, 0.3) is 21.8 Å². The van der Waals surface area contributed by atoms with Crippen molar-refractivity contribution in [2.75, 3.05) is 0 Å². The average molecular weight is 403 g/mol. The summed E-state index contributed by atoms with van der Waals surface area (Å²) in [6, 6.07) is 20.3. The molecule has 0 aliphatic rings. The number of amides is 1. The lowest BCUT2D eigenvalue weighted by molar-refractivity contribution is -0.679. The molecule has 5 heteroatoms. The number of carbonyl (C=O) groups excluding carboxylic acids is 1. The van der Waals surface area contributed by atoms with Gasteiger partial charge in [0.1, 0.15) is 24.2 Å². The summed E-state index contributed by atoms with van der Waals surface area (Å²) >= 11 is 0. The molecule has 0 radical (unpaired) electrons. The van der Waals surface area contributed by atoms with E-state index in [0.717, 1.165) is 27.7 Å². The van der Waals surface area contributed by atoms with Crippen molar-refractivity contribution >= 4 is 27.9 Å². The summed E-state index contributed by atoms with van der Waals surface area (Å²) < 4.78 is 7.64. The number of carbonyl (C=O) groups is 1. The number of H-pyrrole nitrogens is 1. The number of pyridine rings is 1. The van der Waals surface area contributed by atoms with E-state index in [0.29, 0.717) is 6.42 Å². The van der Waals surface area contributed by atoms with Crippen LogP contribution < -0.4 is 9.88 Å². The first-order valence-corrected chi connectivity index (χ1v) is 10.2. The van der Waals surface area contributed by atoms with Crippen LogP contribution in [0.15, 0.2) is 66.9 Å². The number of benzene rings is 2. The highest BCUT2D eigenvalue weighted by molar-refractivity contribution is 6.07. The van der Waals surface area contributed by atoms with Gasteiger partial charge in [0.15, 0.2) is 6.20 Å². The molecule has 0 fully saturated rings. The molecule has 0 spiro atoms. The van der Waals surface area contributed by atoms with Gasteiger partial charge in [0, 0.05) is 28.8 Å². The van der Waals surface area contributed by atoms with Gasteiger partial charge in [-0.1, -0.05) is 48.5 Å². The molecule has 2 N–H and O–H groups in total. The molecule has 5 nitrogen and oxygen atoms in total. The number of nitrogens with one attached hydrogen (secondary N) is 2. The number of ether oxygens (including phenoxy) is 1. The minimum atomic E-state index is -0.559. The van der Waals surface area contributed by atoms with Crippen molar-refractivity contribution < 1.29 is 14.1 Å². The van der Waals surface area contributed by atoms with E-state index in [1.54, 1.807) is 0 Å². The molecule has 0 bridgehead atoms. The smallest absolute Gasteiger partial charge is 0.408 e. The van der Waals surface area contributed by atoms with E-state index in [1.807, 2.05) is 64.3 Å². The summed E-state index contributed by atoms with van der Waals surface area (Å²) in [5, 5.41) is 5.43. The summed E-state index contributed by atoms with van der Waals surface area (Å²) in [5.74, 6) is 0. The molecule has 0 aliphatic carbocycles. The zero-order chi connectivity index (χ0) is 21.3. The molecule has 2 heterocycles. The number of aromatic amines is 1. The molecule has 4 rings (SSSR count). The molecule has 0 saturated carbocycles. The molecule has 1 amide bonds. The highest BCUT2D eigenvalue weighted by atomic mass is 16.6. The molecule has 1 unspecified atom stereocenters. The number of alkyl carbamates (subject to hydrolysis) is 1. The number of aryl methyl sites for hydroxylation is 1. The van der Waals surface area contributed by atoms with Crippen molar-refractivity contribution in [2.24, 2.45) is 7.05 Å². The zero-order valence-electron chi connectivity index (χ0n) is 17.9. The van der Waals surface area contributed by atoms with Gasteiger partial charge < -0.3 is 15.0 Å². The summed E-state index contributed by atoms with van der Waals surface area (Å²) in [5.41, 5.74) is 3.70. The summed E-state index contributed by atoms with van der Waals surface area (Å²) in [6.45, 7) is 5.62. The summed E-state index contributed by atoms with van der Waals surface area (Å²) in [4.78, 5) is 16.3. The third-order valence-corrected chi connectivity index (χ3v) is 5.15. The van der Waals surface area contributed by atoms with Gasteiger partial charge in [0.2, 0.25) is 5.69 Å². The summed E-state index contributed by atoms with van der Waals surface area (Å²) in [7, 11) is 2.01. The Morgan fingerprint density at radius 2 is 1.73 bits per heavy atom. The predicted molar refractivity (Wildman–Crippen MR) is 119 cm³/mol. The first kappa shape index (κ1) is 20.0. The lowest BCUT2D eigenvalue weighted by atomic mass is 10.0. The van der Waals surface area contributed by atoms with Gasteiger partial charge in [-0.05, 0) is 32.4 Å². The fraction of sp³-hybridized carbons (Fsp3) is 0.280. The highest BCUT2D eigenvalue weighted by Crippen LogP contribution is 2.29. The van der Waals surface area contributed by atoms with E-state index < -0.39 is 11.7 Å². The van der Waals surface area contributed by atoms with Gasteiger partial charge in [-0.25, -0.2) is 9.36 Å². The van der Waals surface area contributed by atoms with E-state index in [1.165, 1.54) is 5.39 Å². The van der Waals surface area contributed by atoms with Crippen LogP contribution in [-0.2, 0) is 18.2 Å². The van der Waals surface area contributed by atoms with Crippen molar-refractivity contribution in [1.29, 1.82) is 0 Å². The number of nitrogens with zero attached hydrogens (tertiary/aromatic N) is 1. The van der Waals surface area contributed by atoms with E-state index in [4.69, 9.17) is 4.74 Å². The van der Waals surface area contributed by atoms with Gasteiger partial charge in [0.25, 0.3) is 0 Å². The highest BCUT2D eigenvalue weighted by Gasteiger charge is 2.29. The Hall–Kier alpha value is -3.34. The SMILES string of the molecule is C[n+]1ccc2c([nH]c3ccccc32)c1C(Cc1ccccc1)NC(=O)OC(C)(C)C. The lowest BCUT2D eigenvalue weighted by Gasteiger charge is -2.23. The minimum absolute atomic E-state index is 0.260. The maximum atomic E-state index is 12.7. The van der Waals surface area contributed by atoms with E-state index in [2.05, 4.69) is 45.2 Å². The number of rotatable bonds is 4. The third-order valence-electron chi connectivity index (χ3n) is 5.15. The van der Waals surface area contributed by atoms with Crippen LogP contribution >= 0.6 is 0 Å². The summed E-state index contributed by atoms with van der Waals surface area (Å²) in [6.07, 6.45) is 2.28. The van der Waals surface area contributed by atoms with Gasteiger partial charge in [-0.3, -0.25) is 0 Å². The Labute approximate surface area is 176 Å². The Morgan fingerprint density at radius 3 is 2.47 bits per heavy atom. The first-order chi connectivity index (χ1) is 14.3. The number of para-hydroxylation sites is 1. The van der Waals surface area contributed by atoms with Gasteiger partial charge in [-0.2, -0.15) is 0 Å². The van der Waals surface area contributed by atoms with Crippen LogP contribution in [0.2, 0.25) is 0 Å². The maximum Gasteiger partial charge on any atom is 0.408 e. The van der Waals surface area contributed by atoms with Crippen LogP contribution in [0.3, 0.4) is 0 Å². The van der Waals surface area contributed by atoms with E-state index in [-0.39, 0.29) is 6.04 Å². The molecule has 0 saturated heterocycles. The topological polar surface area (TPSA) is 58.0 Å². The molecular formula is C25H28N3O2+. The maximum absolute atomic E-state index is 12.7. The first-order valence-electron chi connectivity index (χ1n) is 10.2. The molecule has 1 atom stereocenters. The Morgan fingerprint density at radius 1 is 1.03 bits per heavy atom. The standard InChI is InChI=1S/C25H27N3O2/c1-25(2,3)30-24(29)27-21(16-17-10-6-5-7-11-17)23-22-19(14-15-28(23)4)18-12-8-9-13-20(18)26-22/h5-15,21H,16H2,1-4H3,(H,27,29)/p+1. The number of hydrogen-bond acceptors (Lipinski definition) is 2. The molecule has 2 aromatic carbocycles. The lowest BCUT2D eigenvalue weighted by Crippen LogP contribution is -2.43. The van der Waals surface area contributed by atoms with Crippen molar-refractivity contribution in [3.8, 4) is 0 Å². The van der Waals surface area contributed by atoms with Gasteiger partial charge >= 0.3 is 6.09 Å². The Kier molecular flexibility index (Phi) is 5.20. The van der Waals surface area contributed by atoms with Crippen molar-refractivity contribution in [3.05, 3.63) is 78.1 Å². The van der Waals surface area contributed by atoms with Crippen LogP contribution in [0, 0.1) is 0 Å². The number of fused-ring (bicyclic) bond motifs is 3. The second kappa shape index (κ2) is 7.82. The average Bonchev–Trinajstić information content (AvgIpc) is 3.05. The van der Waals surface area contributed by atoms with Crippen molar-refractivity contribution in [2.45, 2.75) is 38.8 Å². The van der Waals surface area contributed by atoms with Gasteiger partial charge in [0.05, 0.1) is 0 Å². The fourth-order valence-electron chi connectivity index (χ4n) is 3.92. The van der Waals surface area contributed by atoms with Crippen LogP contribution in [0.5, 0.6) is 0 Å². The molecule has 0 aliphatic heterocycles. The van der Waals surface area contributed by atoms with Gasteiger partial charge in [-0.15, -0.1) is 0 Å². The van der Waals surface area contributed by atoms with Crippen molar-refractivity contribution in [1.82, 2.24) is 10.3 Å². The molecule has 30 heavy (non-hydrogen) atoms. The number of hydrogen-bond donors (Lipinski definition) is 2. The second-order valence-electron chi connectivity index (χ2n) is 8.66. The largest absolute Gasteiger partial charge is 0.444 e. The monoisotopic (exact) mass is 402 g/mol. The quantitative estimate of drug-likeness (QED) is 0.474. The van der Waals surface area contributed by atoms with Crippen molar-refractivity contribution in [3.63, 3.8) is 0 Å². The molecule has 2 aromatic heterocycles. The van der Waals surface area contributed by atoms with Crippen LogP contribution in [0.1, 0.15) is 38.1 Å². The Balaban J connectivity index is 1.82. The third kappa shape index (κ3) is 4.15. The van der Waals surface area contributed by atoms with E-state index in [9.17, 15) is 4.79 Å². The fourth-order valence-corrected chi connectivity index (χ4v) is 3.92.